The number of ether oxygens (including phenoxy) is 2. The van der Waals surface area contributed by atoms with Crippen LogP contribution in [-0.2, 0) is 4.79 Å². The molecule has 0 aliphatic carbocycles. The van der Waals surface area contributed by atoms with E-state index in [0.29, 0.717) is 30.3 Å². The van der Waals surface area contributed by atoms with Crippen molar-refractivity contribution in [2.75, 3.05) is 25.1 Å². The number of para-hydroxylation sites is 1. The van der Waals surface area contributed by atoms with E-state index >= 15 is 0 Å². The lowest BCUT2D eigenvalue weighted by Crippen LogP contribution is -2.20. The third-order valence-corrected chi connectivity index (χ3v) is 5.52. The molecule has 0 saturated heterocycles. The first-order valence-electron chi connectivity index (χ1n) is 11.1. The van der Waals surface area contributed by atoms with Crippen LogP contribution in [0.1, 0.15) is 16.7 Å². The number of nitrogens with zero attached hydrogens (tertiary/aromatic N) is 2. The van der Waals surface area contributed by atoms with Crippen LogP contribution in [0.2, 0.25) is 0 Å². The monoisotopic (exact) mass is 459 g/mol. The van der Waals surface area contributed by atoms with E-state index in [1.165, 1.54) is 0 Å². The van der Waals surface area contributed by atoms with Crippen molar-refractivity contribution in [3.63, 3.8) is 0 Å². The largest absolute Gasteiger partial charge is 0.492 e. The quantitative estimate of drug-likeness (QED) is 0.350. The fraction of sp³-hybridized carbons (Fsp3) is 0.231. The van der Waals surface area contributed by atoms with Gasteiger partial charge in [-0.15, -0.1) is 0 Å². The molecule has 0 aliphatic heterocycles. The van der Waals surface area contributed by atoms with Crippen molar-refractivity contribution in [2.45, 2.75) is 20.8 Å². The van der Waals surface area contributed by atoms with Crippen molar-refractivity contribution in [3.05, 3.63) is 71.4 Å². The van der Waals surface area contributed by atoms with Crippen LogP contribution in [0, 0.1) is 20.8 Å². The maximum atomic E-state index is 11.5. The van der Waals surface area contributed by atoms with Gasteiger partial charge in [-0.1, -0.05) is 24.3 Å². The van der Waals surface area contributed by atoms with Gasteiger partial charge in [-0.2, -0.15) is 0 Å². The number of imidazole rings is 1. The lowest BCUT2D eigenvalue weighted by molar-refractivity contribution is -0.119. The van der Waals surface area contributed by atoms with Gasteiger partial charge in [0.25, 0.3) is 5.91 Å². The summed E-state index contributed by atoms with van der Waals surface area (Å²) < 4.78 is 13.6. The molecule has 4 aromatic rings. The molecule has 0 radical (unpaired) electrons. The van der Waals surface area contributed by atoms with Gasteiger partial charge in [0.05, 0.1) is 0 Å². The molecule has 0 unspecified atom stereocenters. The van der Waals surface area contributed by atoms with Crippen LogP contribution >= 0.6 is 0 Å². The summed E-state index contributed by atoms with van der Waals surface area (Å²) in [7, 11) is 0. The number of carbonyl (C=O) groups excluding carboxylic acids is 1. The van der Waals surface area contributed by atoms with Crippen molar-refractivity contribution in [1.82, 2.24) is 9.38 Å². The van der Waals surface area contributed by atoms with Gasteiger partial charge in [-0.3, -0.25) is 9.20 Å². The Morgan fingerprint density at radius 3 is 2.50 bits per heavy atom. The van der Waals surface area contributed by atoms with Crippen molar-refractivity contribution in [2.24, 2.45) is 11.5 Å². The fourth-order valence-electron chi connectivity index (χ4n) is 3.97. The van der Waals surface area contributed by atoms with Gasteiger partial charge >= 0.3 is 0 Å². The molecule has 5 N–H and O–H groups in total. The topological polar surface area (TPSA) is 117 Å². The first kappa shape index (κ1) is 23.1. The van der Waals surface area contributed by atoms with Crippen LogP contribution in [0.3, 0.4) is 0 Å². The maximum Gasteiger partial charge on any atom is 0.255 e. The number of anilines is 2. The molecule has 2 heterocycles. The van der Waals surface area contributed by atoms with Crippen molar-refractivity contribution in [3.8, 4) is 22.8 Å². The number of pyridine rings is 1. The zero-order valence-electron chi connectivity index (χ0n) is 19.6. The van der Waals surface area contributed by atoms with E-state index in [-0.39, 0.29) is 6.61 Å². The van der Waals surface area contributed by atoms with Crippen molar-refractivity contribution < 1.29 is 14.3 Å². The summed E-state index contributed by atoms with van der Waals surface area (Å²) in [6.07, 6.45) is 1.96. The molecule has 0 spiro atoms. The van der Waals surface area contributed by atoms with E-state index in [4.69, 9.17) is 25.9 Å². The van der Waals surface area contributed by atoms with Crippen LogP contribution in [0.5, 0.6) is 11.5 Å². The minimum absolute atomic E-state index is 0.264. The summed E-state index contributed by atoms with van der Waals surface area (Å²) in [6, 6.07) is 15.7. The predicted molar refractivity (Wildman–Crippen MR) is 134 cm³/mol. The Balaban J connectivity index is 1.92. The Morgan fingerprint density at radius 1 is 1.03 bits per heavy atom. The average molecular weight is 460 g/mol. The van der Waals surface area contributed by atoms with Crippen LogP contribution in [0.15, 0.2) is 54.7 Å². The number of primary amides is 1. The Kier molecular flexibility index (Phi) is 6.70. The standard InChI is InChI=1S/C26H29N5O3/c1-16-7-6-8-17(2)24(16)30-26-25(29-22-9-4-5-11-31(22)26)23-18(3)13-19(33-12-10-27)14-20(23)34-15-21(28)32/h4-9,11,13-14,30H,10,12,15,27H2,1-3H3,(H2,28,32). The summed E-state index contributed by atoms with van der Waals surface area (Å²) in [5.74, 6) is 1.27. The molecule has 1 amide bonds. The Bertz CT molecular complexity index is 1330. The number of amides is 1. The van der Waals surface area contributed by atoms with Gasteiger partial charge < -0.3 is 26.3 Å². The molecule has 8 nitrogen and oxygen atoms in total. The molecule has 2 aromatic heterocycles. The first-order chi connectivity index (χ1) is 16.4. The van der Waals surface area contributed by atoms with Gasteiger partial charge in [0.1, 0.15) is 35.3 Å². The highest BCUT2D eigenvalue weighted by molar-refractivity contribution is 5.86. The fourth-order valence-corrected chi connectivity index (χ4v) is 3.97. The summed E-state index contributed by atoms with van der Waals surface area (Å²) in [6.45, 7) is 6.56. The minimum atomic E-state index is -0.569. The molecular formula is C26H29N5O3. The van der Waals surface area contributed by atoms with E-state index in [9.17, 15) is 4.79 Å². The average Bonchev–Trinajstić information content (AvgIpc) is 3.16. The number of carbonyl (C=O) groups is 1. The molecule has 4 rings (SSSR count). The van der Waals surface area contributed by atoms with E-state index in [2.05, 4.69) is 31.3 Å². The number of fused-ring (bicyclic) bond motifs is 1. The van der Waals surface area contributed by atoms with Gasteiger partial charge in [0, 0.05) is 30.1 Å². The minimum Gasteiger partial charge on any atom is -0.492 e. The molecule has 8 heteroatoms. The molecule has 0 fully saturated rings. The van der Waals surface area contributed by atoms with Gasteiger partial charge in [-0.25, -0.2) is 4.98 Å². The zero-order chi connectivity index (χ0) is 24.2. The smallest absolute Gasteiger partial charge is 0.255 e. The van der Waals surface area contributed by atoms with Crippen molar-refractivity contribution in [1.29, 1.82) is 0 Å². The number of aryl methyl sites for hydroxylation is 3. The third kappa shape index (κ3) is 4.67. The van der Waals surface area contributed by atoms with Crippen LogP contribution in [0.25, 0.3) is 16.9 Å². The highest BCUT2D eigenvalue weighted by Gasteiger charge is 2.22. The van der Waals surface area contributed by atoms with Crippen molar-refractivity contribution >= 4 is 23.1 Å². The molecule has 176 valence electrons. The number of benzene rings is 2. The number of rotatable bonds is 9. The van der Waals surface area contributed by atoms with Crippen LogP contribution < -0.4 is 26.3 Å². The highest BCUT2D eigenvalue weighted by atomic mass is 16.5. The summed E-state index contributed by atoms with van der Waals surface area (Å²) >= 11 is 0. The number of nitrogens with one attached hydrogen (secondary N) is 1. The molecular weight excluding hydrogens is 430 g/mol. The van der Waals surface area contributed by atoms with Crippen LogP contribution in [0.4, 0.5) is 11.5 Å². The van der Waals surface area contributed by atoms with Gasteiger partial charge in [0.15, 0.2) is 6.61 Å². The zero-order valence-corrected chi connectivity index (χ0v) is 19.6. The van der Waals surface area contributed by atoms with Gasteiger partial charge in [-0.05, 0) is 55.7 Å². The summed E-state index contributed by atoms with van der Waals surface area (Å²) in [4.78, 5) is 16.4. The lowest BCUT2D eigenvalue weighted by Gasteiger charge is -2.18. The maximum absolute atomic E-state index is 11.5. The molecule has 34 heavy (non-hydrogen) atoms. The number of hydrogen-bond acceptors (Lipinski definition) is 6. The highest BCUT2D eigenvalue weighted by Crippen LogP contribution is 2.41. The SMILES string of the molecule is Cc1cccc(C)c1Nc1c(-c2c(C)cc(OCCN)cc2OCC(N)=O)nc2ccccn12. The second-order valence-corrected chi connectivity index (χ2v) is 8.14. The molecule has 0 bridgehead atoms. The van der Waals surface area contributed by atoms with Crippen LogP contribution in [-0.4, -0.2) is 35.1 Å². The molecule has 0 atom stereocenters. The summed E-state index contributed by atoms with van der Waals surface area (Å²) in [5.41, 5.74) is 17.3. The Labute approximate surface area is 198 Å². The summed E-state index contributed by atoms with van der Waals surface area (Å²) in [5, 5.41) is 3.60. The molecule has 0 saturated carbocycles. The molecule has 0 aliphatic rings. The van der Waals surface area contributed by atoms with E-state index in [1.807, 2.05) is 47.9 Å². The van der Waals surface area contributed by atoms with E-state index in [0.717, 1.165) is 39.4 Å². The lowest BCUT2D eigenvalue weighted by atomic mass is 10.0. The number of aromatic nitrogens is 2. The number of nitrogens with two attached hydrogens (primary N) is 2. The van der Waals surface area contributed by atoms with E-state index < -0.39 is 5.91 Å². The number of hydrogen-bond donors (Lipinski definition) is 3. The second kappa shape index (κ2) is 9.84. The van der Waals surface area contributed by atoms with E-state index in [1.54, 1.807) is 6.07 Å². The third-order valence-electron chi connectivity index (χ3n) is 5.52. The normalized spacial score (nSPS) is 10.9. The van der Waals surface area contributed by atoms with Gasteiger partial charge in [0.2, 0.25) is 0 Å². The first-order valence-corrected chi connectivity index (χ1v) is 11.1. The second-order valence-electron chi connectivity index (χ2n) is 8.14. The molecule has 2 aromatic carbocycles. The Hall–Kier alpha value is -4.04. The Morgan fingerprint density at radius 2 is 1.79 bits per heavy atom. The predicted octanol–water partition coefficient (Wildman–Crippen LogP) is 3.87.